The average molecular weight is 327 g/mol. The number of aryl methyl sites for hydroxylation is 1. The minimum atomic E-state index is -1.06. The minimum absolute atomic E-state index is 0.343. The SMILES string of the molecule is CCc1ccc(-n2nc(C(=O)N[C@H](C)C(=O)O)c3c2CCC3)cc1. The van der Waals surface area contributed by atoms with Crippen molar-refractivity contribution in [2.45, 2.75) is 45.6 Å². The van der Waals surface area contributed by atoms with Crippen LogP contribution in [-0.4, -0.2) is 32.8 Å². The lowest BCUT2D eigenvalue weighted by molar-refractivity contribution is -0.138. The maximum absolute atomic E-state index is 12.4. The second-order valence-corrected chi connectivity index (χ2v) is 6.09. The highest BCUT2D eigenvalue weighted by Gasteiger charge is 2.28. The van der Waals surface area contributed by atoms with Gasteiger partial charge in [-0.3, -0.25) is 9.59 Å². The van der Waals surface area contributed by atoms with E-state index in [0.717, 1.165) is 42.6 Å². The van der Waals surface area contributed by atoms with Crippen LogP contribution in [0.15, 0.2) is 24.3 Å². The molecule has 1 aromatic carbocycles. The van der Waals surface area contributed by atoms with Crippen molar-refractivity contribution in [2.75, 3.05) is 0 Å². The number of carboxylic acid groups (broad SMARTS) is 1. The molecule has 0 saturated heterocycles. The van der Waals surface area contributed by atoms with Crippen LogP contribution < -0.4 is 5.32 Å². The summed E-state index contributed by atoms with van der Waals surface area (Å²) in [6.45, 7) is 3.55. The van der Waals surface area contributed by atoms with Gasteiger partial charge >= 0.3 is 5.97 Å². The molecule has 0 spiro atoms. The Morgan fingerprint density at radius 3 is 2.62 bits per heavy atom. The van der Waals surface area contributed by atoms with Crippen LogP contribution in [-0.2, 0) is 24.1 Å². The Kier molecular flexibility index (Phi) is 4.38. The quantitative estimate of drug-likeness (QED) is 0.881. The van der Waals surface area contributed by atoms with E-state index in [1.165, 1.54) is 12.5 Å². The predicted molar refractivity (Wildman–Crippen MR) is 89.5 cm³/mol. The highest BCUT2D eigenvalue weighted by Crippen LogP contribution is 2.28. The third-order valence-electron chi connectivity index (χ3n) is 4.45. The molecule has 2 aromatic rings. The number of carboxylic acids is 1. The Morgan fingerprint density at radius 1 is 1.29 bits per heavy atom. The fourth-order valence-electron chi connectivity index (χ4n) is 3.03. The summed E-state index contributed by atoms with van der Waals surface area (Å²) < 4.78 is 1.82. The van der Waals surface area contributed by atoms with E-state index in [1.54, 1.807) is 0 Å². The van der Waals surface area contributed by atoms with E-state index in [0.29, 0.717) is 5.69 Å². The molecule has 2 N–H and O–H groups in total. The van der Waals surface area contributed by atoms with E-state index in [1.807, 2.05) is 16.8 Å². The zero-order chi connectivity index (χ0) is 17.3. The molecule has 1 amide bonds. The second kappa shape index (κ2) is 6.47. The minimum Gasteiger partial charge on any atom is -0.480 e. The van der Waals surface area contributed by atoms with Crippen LogP contribution in [0.2, 0.25) is 0 Å². The number of aromatic nitrogens is 2. The molecule has 1 aliphatic rings. The first kappa shape index (κ1) is 16.2. The van der Waals surface area contributed by atoms with Crippen molar-refractivity contribution in [3.05, 3.63) is 46.8 Å². The number of aliphatic carboxylic acids is 1. The zero-order valence-corrected chi connectivity index (χ0v) is 13.9. The number of fused-ring (bicyclic) bond motifs is 1. The van der Waals surface area contributed by atoms with Gasteiger partial charge in [-0.25, -0.2) is 4.68 Å². The van der Waals surface area contributed by atoms with Gasteiger partial charge in [-0.05, 0) is 50.3 Å². The lowest BCUT2D eigenvalue weighted by Crippen LogP contribution is -2.38. The van der Waals surface area contributed by atoms with E-state index in [-0.39, 0.29) is 0 Å². The van der Waals surface area contributed by atoms with E-state index in [9.17, 15) is 9.59 Å². The molecular weight excluding hydrogens is 306 g/mol. The van der Waals surface area contributed by atoms with Crippen molar-refractivity contribution in [1.82, 2.24) is 15.1 Å². The monoisotopic (exact) mass is 327 g/mol. The molecule has 1 heterocycles. The first-order valence-corrected chi connectivity index (χ1v) is 8.25. The van der Waals surface area contributed by atoms with E-state index in [4.69, 9.17) is 5.11 Å². The number of benzene rings is 1. The van der Waals surface area contributed by atoms with Crippen molar-refractivity contribution in [1.29, 1.82) is 0 Å². The highest BCUT2D eigenvalue weighted by molar-refractivity contribution is 5.96. The van der Waals surface area contributed by atoms with Gasteiger partial charge in [-0.1, -0.05) is 19.1 Å². The van der Waals surface area contributed by atoms with Gasteiger partial charge < -0.3 is 10.4 Å². The molecule has 1 aromatic heterocycles. The number of carbonyl (C=O) groups excluding carboxylic acids is 1. The van der Waals surface area contributed by atoms with Crippen molar-refractivity contribution < 1.29 is 14.7 Å². The molecule has 1 aliphatic carbocycles. The Hall–Kier alpha value is -2.63. The van der Waals surface area contributed by atoms with E-state index >= 15 is 0 Å². The van der Waals surface area contributed by atoms with Crippen molar-refractivity contribution in [3.8, 4) is 5.69 Å². The number of nitrogens with one attached hydrogen (secondary N) is 1. The normalized spacial score (nSPS) is 14.2. The third-order valence-corrected chi connectivity index (χ3v) is 4.45. The Balaban J connectivity index is 1.95. The fraction of sp³-hybridized carbons (Fsp3) is 0.389. The van der Waals surface area contributed by atoms with Crippen LogP contribution in [0.25, 0.3) is 5.69 Å². The molecule has 24 heavy (non-hydrogen) atoms. The number of nitrogens with zero attached hydrogens (tertiary/aromatic N) is 2. The predicted octanol–water partition coefficient (Wildman–Crippen LogP) is 2.13. The summed E-state index contributed by atoms with van der Waals surface area (Å²) in [7, 11) is 0. The lowest BCUT2D eigenvalue weighted by atomic mass is 10.1. The standard InChI is InChI=1S/C18H21N3O3/c1-3-12-7-9-13(10-8-12)21-15-6-4-5-14(15)16(20-21)17(22)19-11(2)18(23)24/h7-11H,3-6H2,1-2H3,(H,19,22)(H,23,24)/t11-/m1/s1. The summed E-state index contributed by atoms with van der Waals surface area (Å²) in [6, 6.07) is 7.19. The molecule has 0 unspecified atom stereocenters. The molecule has 0 fully saturated rings. The topological polar surface area (TPSA) is 84.2 Å². The molecule has 1 atom stereocenters. The van der Waals surface area contributed by atoms with Crippen molar-refractivity contribution >= 4 is 11.9 Å². The Morgan fingerprint density at radius 2 is 2.00 bits per heavy atom. The van der Waals surface area contributed by atoms with Crippen LogP contribution in [0.1, 0.15) is 47.6 Å². The van der Waals surface area contributed by atoms with Gasteiger partial charge in [0.1, 0.15) is 6.04 Å². The molecule has 3 rings (SSSR count). The van der Waals surface area contributed by atoms with Crippen molar-refractivity contribution in [3.63, 3.8) is 0 Å². The summed E-state index contributed by atoms with van der Waals surface area (Å²) in [5.41, 5.74) is 4.50. The van der Waals surface area contributed by atoms with E-state index in [2.05, 4.69) is 29.5 Å². The highest BCUT2D eigenvalue weighted by atomic mass is 16.4. The average Bonchev–Trinajstić information content (AvgIpc) is 3.17. The molecule has 0 saturated carbocycles. The van der Waals surface area contributed by atoms with Crippen LogP contribution in [0, 0.1) is 0 Å². The summed E-state index contributed by atoms with van der Waals surface area (Å²) in [6.07, 6.45) is 3.62. The summed E-state index contributed by atoms with van der Waals surface area (Å²) >= 11 is 0. The van der Waals surface area contributed by atoms with Gasteiger partial charge in [-0.2, -0.15) is 5.10 Å². The molecule has 0 bridgehead atoms. The van der Waals surface area contributed by atoms with Gasteiger partial charge in [0, 0.05) is 11.3 Å². The lowest BCUT2D eigenvalue weighted by Gasteiger charge is -2.08. The number of hydrogen-bond donors (Lipinski definition) is 2. The van der Waals surface area contributed by atoms with E-state index < -0.39 is 17.9 Å². The molecular formula is C18H21N3O3. The van der Waals surface area contributed by atoms with Gasteiger partial charge in [0.2, 0.25) is 0 Å². The van der Waals surface area contributed by atoms with Crippen LogP contribution in [0.3, 0.4) is 0 Å². The van der Waals surface area contributed by atoms with Crippen LogP contribution in [0.4, 0.5) is 0 Å². The number of carbonyl (C=O) groups is 2. The zero-order valence-electron chi connectivity index (χ0n) is 13.9. The second-order valence-electron chi connectivity index (χ2n) is 6.09. The summed E-state index contributed by atoms with van der Waals surface area (Å²) in [5, 5.41) is 15.9. The first-order chi connectivity index (χ1) is 11.5. The molecule has 0 aliphatic heterocycles. The van der Waals surface area contributed by atoms with Gasteiger partial charge in [0.05, 0.1) is 5.69 Å². The van der Waals surface area contributed by atoms with Crippen LogP contribution >= 0.6 is 0 Å². The number of amides is 1. The summed E-state index contributed by atoms with van der Waals surface area (Å²) in [5.74, 6) is -1.48. The molecule has 0 radical (unpaired) electrons. The maximum Gasteiger partial charge on any atom is 0.325 e. The summed E-state index contributed by atoms with van der Waals surface area (Å²) in [4.78, 5) is 23.4. The fourth-order valence-corrected chi connectivity index (χ4v) is 3.03. The molecule has 6 heteroatoms. The largest absolute Gasteiger partial charge is 0.480 e. The molecule has 6 nitrogen and oxygen atoms in total. The molecule has 126 valence electrons. The Labute approximate surface area is 140 Å². The van der Waals surface area contributed by atoms with Gasteiger partial charge in [-0.15, -0.1) is 0 Å². The number of hydrogen-bond acceptors (Lipinski definition) is 3. The smallest absolute Gasteiger partial charge is 0.325 e. The number of rotatable bonds is 5. The third kappa shape index (κ3) is 2.91. The maximum atomic E-state index is 12.4. The van der Waals surface area contributed by atoms with Crippen molar-refractivity contribution in [2.24, 2.45) is 0 Å². The van der Waals surface area contributed by atoms with Crippen LogP contribution in [0.5, 0.6) is 0 Å². The Bertz CT molecular complexity index is 778. The van der Waals surface area contributed by atoms with Gasteiger partial charge in [0.15, 0.2) is 5.69 Å². The van der Waals surface area contributed by atoms with Gasteiger partial charge in [0.25, 0.3) is 5.91 Å². The first-order valence-electron chi connectivity index (χ1n) is 8.25.